The molecule has 1 saturated heterocycles. The van der Waals surface area contributed by atoms with Crippen LogP contribution in [0.15, 0.2) is 42.5 Å². The quantitative estimate of drug-likeness (QED) is 0.699. The van der Waals surface area contributed by atoms with Crippen molar-refractivity contribution in [3.63, 3.8) is 0 Å². The Labute approximate surface area is 165 Å². The SMILES string of the molecule is COC[C@H]1O[C@@H](c2ccc(C)c(Cc3ccc(OC)cc3)c2)[C@H](O)[C@@H](O)[C@@H]1O. The highest BCUT2D eigenvalue weighted by molar-refractivity contribution is 5.38. The molecule has 0 aliphatic carbocycles. The van der Waals surface area contributed by atoms with Crippen LogP contribution in [-0.2, 0) is 15.9 Å². The Morgan fingerprint density at radius 1 is 0.929 bits per heavy atom. The summed E-state index contributed by atoms with van der Waals surface area (Å²) in [7, 11) is 3.14. The van der Waals surface area contributed by atoms with Crippen molar-refractivity contribution >= 4 is 0 Å². The second kappa shape index (κ2) is 9.03. The Morgan fingerprint density at radius 2 is 1.64 bits per heavy atom. The van der Waals surface area contributed by atoms with Crippen LogP contribution in [0.1, 0.15) is 28.4 Å². The van der Waals surface area contributed by atoms with Crippen molar-refractivity contribution in [1.29, 1.82) is 0 Å². The Balaban J connectivity index is 1.84. The predicted octanol–water partition coefficient (Wildman–Crippen LogP) is 1.76. The molecule has 28 heavy (non-hydrogen) atoms. The second-order valence-corrected chi connectivity index (χ2v) is 7.23. The van der Waals surface area contributed by atoms with Crippen LogP contribution in [0.4, 0.5) is 0 Å². The summed E-state index contributed by atoms with van der Waals surface area (Å²) in [6.07, 6.45) is -4.45. The zero-order chi connectivity index (χ0) is 20.3. The fourth-order valence-corrected chi connectivity index (χ4v) is 3.55. The van der Waals surface area contributed by atoms with E-state index in [0.29, 0.717) is 0 Å². The van der Waals surface area contributed by atoms with Crippen molar-refractivity contribution in [2.75, 3.05) is 20.8 Å². The number of benzene rings is 2. The maximum Gasteiger partial charge on any atom is 0.118 e. The molecule has 5 atom stereocenters. The molecule has 3 N–H and O–H groups in total. The third-order valence-corrected chi connectivity index (χ3v) is 5.30. The number of ether oxygens (including phenoxy) is 3. The Hall–Kier alpha value is -1.96. The molecule has 0 saturated carbocycles. The third kappa shape index (κ3) is 4.37. The van der Waals surface area contributed by atoms with Crippen molar-refractivity contribution in [1.82, 2.24) is 0 Å². The van der Waals surface area contributed by atoms with Crippen LogP contribution < -0.4 is 4.74 Å². The van der Waals surface area contributed by atoms with E-state index in [0.717, 1.165) is 34.4 Å². The first-order valence-corrected chi connectivity index (χ1v) is 9.35. The number of rotatable bonds is 6. The normalized spacial score (nSPS) is 27.6. The van der Waals surface area contributed by atoms with Crippen molar-refractivity contribution in [2.24, 2.45) is 0 Å². The maximum atomic E-state index is 10.5. The lowest BCUT2D eigenvalue weighted by atomic mass is 9.89. The monoisotopic (exact) mass is 388 g/mol. The van der Waals surface area contributed by atoms with Gasteiger partial charge in [-0.25, -0.2) is 0 Å². The van der Waals surface area contributed by atoms with E-state index < -0.39 is 30.5 Å². The summed E-state index contributed by atoms with van der Waals surface area (Å²) in [6.45, 7) is 2.17. The molecule has 0 amide bonds. The molecular formula is C22H28O6. The topological polar surface area (TPSA) is 88.4 Å². The van der Waals surface area contributed by atoms with E-state index in [-0.39, 0.29) is 6.61 Å². The molecule has 0 spiro atoms. The van der Waals surface area contributed by atoms with E-state index in [1.165, 1.54) is 7.11 Å². The van der Waals surface area contributed by atoms with Crippen LogP contribution in [0.25, 0.3) is 0 Å². The molecule has 3 rings (SSSR count). The molecule has 1 aliphatic rings. The van der Waals surface area contributed by atoms with Gasteiger partial charge in [-0.3, -0.25) is 0 Å². The molecule has 0 unspecified atom stereocenters. The van der Waals surface area contributed by atoms with Crippen molar-refractivity contribution < 1.29 is 29.5 Å². The average Bonchev–Trinajstić information content (AvgIpc) is 2.71. The largest absolute Gasteiger partial charge is 0.497 e. The van der Waals surface area contributed by atoms with E-state index in [1.54, 1.807) is 7.11 Å². The Kier molecular flexibility index (Phi) is 6.69. The summed E-state index contributed by atoms with van der Waals surface area (Å²) >= 11 is 0. The zero-order valence-corrected chi connectivity index (χ0v) is 16.4. The van der Waals surface area contributed by atoms with Gasteiger partial charge in [-0.2, -0.15) is 0 Å². The number of methoxy groups -OCH3 is 2. The summed E-state index contributed by atoms with van der Waals surface area (Å²) in [5, 5.41) is 30.8. The van der Waals surface area contributed by atoms with Gasteiger partial charge >= 0.3 is 0 Å². The fourth-order valence-electron chi connectivity index (χ4n) is 3.55. The van der Waals surface area contributed by atoms with Crippen LogP contribution in [0.3, 0.4) is 0 Å². The van der Waals surface area contributed by atoms with Gasteiger partial charge in [0, 0.05) is 7.11 Å². The molecule has 6 heteroatoms. The number of aliphatic hydroxyl groups is 3. The van der Waals surface area contributed by atoms with Gasteiger partial charge < -0.3 is 29.5 Å². The zero-order valence-electron chi connectivity index (χ0n) is 16.4. The first-order chi connectivity index (χ1) is 13.4. The molecule has 1 aliphatic heterocycles. The summed E-state index contributed by atoms with van der Waals surface area (Å²) < 4.78 is 16.2. The van der Waals surface area contributed by atoms with Gasteiger partial charge in [0.25, 0.3) is 0 Å². The van der Waals surface area contributed by atoms with Gasteiger partial charge in [-0.15, -0.1) is 0 Å². The van der Waals surface area contributed by atoms with Crippen LogP contribution in [-0.4, -0.2) is 60.6 Å². The lowest BCUT2D eigenvalue weighted by Gasteiger charge is -2.40. The van der Waals surface area contributed by atoms with Crippen molar-refractivity contribution in [3.05, 3.63) is 64.7 Å². The van der Waals surface area contributed by atoms with Gasteiger partial charge in [-0.05, 0) is 47.7 Å². The van der Waals surface area contributed by atoms with Gasteiger partial charge in [0.1, 0.15) is 36.3 Å². The fraction of sp³-hybridized carbons (Fsp3) is 0.455. The Morgan fingerprint density at radius 3 is 2.29 bits per heavy atom. The first kappa shape index (κ1) is 20.8. The van der Waals surface area contributed by atoms with E-state index in [9.17, 15) is 15.3 Å². The van der Waals surface area contributed by atoms with Crippen LogP contribution in [0.2, 0.25) is 0 Å². The summed E-state index contributed by atoms with van der Waals surface area (Å²) in [5.41, 5.74) is 4.12. The highest BCUT2D eigenvalue weighted by atomic mass is 16.6. The van der Waals surface area contributed by atoms with Gasteiger partial charge in [0.05, 0.1) is 13.7 Å². The second-order valence-electron chi connectivity index (χ2n) is 7.23. The van der Waals surface area contributed by atoms with E-state index >= 15 is 0 Å². The minimum absolute atomic E-state index is 0.131. The molecular weight excluding hydrogens is 360 g/mol. The molecule has 6 nitrogen and oxygen atoms in total. The molecule has 0 aromatic heterocycles. The molecule has 2 aromatic carbocycles. The number of hydrogen-bond donors (Lipinski definition) is 3. The summed E-state index contributed by atoms with van der Waals surface area (Å²) in [4.78, 5) is 0. The first-order valence-electron chi connectivity index (χ1n) is 9.35. The molecule has 2 aromatic rings. The smallest absolute Gasteiger partial charge is 0.118 e. The molecule has 152 valence electrons. The van der Waals surface area contributed by atoms with Gasteiger partial charge in [0.15, 0.2) is 0 Å². The van der Waals surface area contributed by atoms with E-state index in [4.69, 9.17) is 14.2 Å². The number of aryl methyl sites for hydroxylation is 1. The van der Waals surface area contributed by atoms with E-state index in [1.807, 2.05) is 49.4 Å². The van der Waals surface area contributed by atoms with Crippen molar-refractivity contribution in [3.8, 4) is 5.75 Å². The van der Waals surface area contributed by atoms with Crippen LogP contribution in [0, 0.1) is 6.92 Å². The highest BCUT2D eigenvalue weighted by Crippen LogP contribution is 2.33. The van der Waals surface area contributed by atoms with Crippen LogP contribution >= 0.6 is 0 Å². The molecule has 0 bridgehead atoms. The number of hydrogen-bond acceptors (Lipinski definition) is 6. The Bertz CT molecular complexity index is 775. The standard InChI is InChI=1S/C22H28O6/c1-13-4-7-15(11-16(13)10-14-5-8-17(27-3)9-6-14)22-21(25)20(24)19(23)18(28-22)12-26-2/h4-9,11,18-25H,10,12H2,1-3H3/t18-,19-,20+,21-,22+/m1/s1. The number of aliphatic hydroxyl groups excluding tert-OH is 3. The lowest BCUT2D eigenvalue weighted by molar-refractivity contribution is -0.233. The molecule has 1 fully saturated rings. The minimum Gasteiger partial charge on any atom is -0.497 e. The van der Waals surface area contributed by atoms with Crippen LogP contribution in [0.5, 0.6) is 5.75 Å². The highest BCUT2D eigenvalue weighted by Gasteiger charge is 2.44. The molecule has 1 heterocycles. The lowest BCUT2D eigenvalue weighted by Crippen LogP contribution is -2.55. The minimum atomic E-state index is -1.30. The predicted molar refractivity (Wildman–Crippen MR) is 104 cm³/mol. The van der Waals surface area contributed by atoms with E-state index in [2.05, 4.69) is 0 Å². The summed E-state index contributed by atoms with van der Waals surface area (Å²) in [5.74, 6) is 0.810. The van der Waals surface area contributed by atoms with Gasteiger partial charge in [-0.1, -0.05) is 30.3 Å². The molecule has 0 radical (unpaired) electrons. The third-order valence-electron chi connectivity index (χ3n) is 5.30. The summed E-state index contributed by atoms with van der Waals surface area (Å²) in [6, 6.07) is 13.7. The maximum absolute atomic E-state index is 10.5. The average molecular weight is 388 g/mol. The van der Waals surface area contributed by atoms with Crippen molar-refractivity contribution in [2.45, 2.75) is 43.9 Å². The van der Waals surface area contributed by atoms with Gasteiger partial charge in [0.2, 0.25) is 0 Å².